The van der Waals surface area contributed by atoms with Gasteiger partial charge in [-0.15, -0.1) is 0 Å². The van der Waals surface area contributed by atoms with Crippen molar-refractivity contribution in [2.75, 3.05) is 0 Å². The number of rotatable bonds is 3. The molecule has 0 aromatic heterocycles. The fraction of sp³-hybridized carbons (Fsp3) is 0.765. The van der Waals surface area contributed by atoms with Gasteiger partial charge in [0.2, 0.25) is 0 Å². The van der Waals surface area contributed by atoms with E-state index in [9.17, 15) is 5.11 Å². The minimum atomic E-state index is -0.293. The molecule has 1 N–H and O–H groups in total. The van der Waals surface area contributed by atoms with Crippen LogP contribution in [0.25, 0.3) is 0 Å². The highest BCUT2D eigenvalue weighted by Gasteiger charge is 2.11. The predicted octanol–water partition coefficient (Wildman–Crippen LogP) is 5.75. The highest BCUT2D eigenvalue weighted by atomic mass is 16.3. The monoisotopic (exact) mass is 256 g/mol. The molecule has 0 spiro atoms. The number of aliphatic hydroxyl groups excluding tert-OH is 1. The maximum atomic E-state index is 9.54. The average Bonchev–Trinajstić information content (AvgIpc) is 2.38. The van der Waals surface area contributed by atoms with Crippen LogP contribution in [0.1, 0.15) is 75.7 Å². The van der Waals surface area contributed by atoms with Crippen molar-refractivity contribution in [3.8, 4) is 0 Å². The van der Waals surface area contributed by atoms with Gasteiger partial charge in [-0.25, -0.2) is 0 Å². The van der Waals surface area contributed by atoms with Gasteiger partial charge in [0.15, 0.2) is 0 Å². The third-order valence-corrected chi connectivity index (χ3v) is 2.69. The first-order valence-electron chi connectivity index (χ1n) is 7.32. The van der Waals surface area contributed by atoms with Crippen LogP contribution in [0.15, 0.2) is 23.3 Å². The van der Waals surface area contributed by atoms with E-state index in [4.69, 9.17) is 0 Å². The molecular weight excluding hydrogens is 220 g/mol. The number of aliphatic hydroxyl groups is 1. The van der Waals surface area contributed by atoms with Crippen LogP contribution in [0.2, 0.25) is 0 Å². The Bertz CT molecular complexity index is 228. The summed E-state index contributed by atoms with van der Waals surface area (Å²) in [5.74, 6) is 0. The Morgan fingerprint density at radius 3 is 1.67 bits per heavy atom. The van der Waals surface area contributed by atoms with Gasteiger partial charge >= 0.3 is 0 Å². The Kier molecular flexibility index (Phi) is 16.2. The van der Waals surface area contributed by atoms with Crippen molar-refractivity contribution in [3.63, 3.8) is 0 Å². The fourth-order valence-corrected chi connectivity index (χ4v) is 0.939. The van der Waals surface area contributed by atoms with E-state index in [0.717, 1.165) is 12.0 Å². The van der Waals surface area contributed by atoms with Gasteiger partial charge in [-0.2, -0.15) is 0 Å². The van der Waals surface area contributed by atoms with Crippen LogP contribution in [0.4, 0.5) is 0 Å². The smallest absolute Gasteiger partial charge is 0.0747 e. The normalized spacial score (nSPS) is 13.9. The summed E-state index contributed by atoms with van der Waals surface area (Å²) in [6.07, 6.45) is 4.62. The Balaban J connectivity index is -0.000000506. The first-order valence-corrected chi connectivity index (χ1v) is 7.32. The van der Waals surface area contributed by atoms with E-state index >= 15 is 0 Å². The summed E-state index contributed by atoms with van der Waals surface area (Å²) < 4.78 is 0. The molecule has 110 valence electrons. The second kappa shape index (κ2) is 12.9. The maximum absolute atomic E-state index is 9.54. The number of hydrogen-bond donors (Lipinski definition) is 1. The molecule has 0 aliphatic heterocycles. The van der Waals surface area contributed by atoms with Gasteiger partial charge in [-0.3, -0.25) is 0 Å². The van der Waals surface area contributed by atoms with Crippen molar-refractivity contribution >= 4 is 0 Å². The van der Waals surface area contributed by atoms with Crippen molar-refractivity contribution in [2.45, 2.75) is 81.8 Å². The standard InChI is InChI=1S/C13H24O.2C2H6/c1-7-12(14)10(2)8-9-11(3)13(4,5)6;2*1-2/h8-9,12,14H,7H2,1-6H3;2*1-2H3/b10-8+,11-9+;;. The predicted molar refractivity (Wildman–Crippen MR) is 86.0 cm³/mol. The second-order valence-electron chi connectivity index (χ2n) is 4.93. The molecule has 0 aliphatic rings. The summed E-state index contributed by atoms with van der Waals surface area (Å²) in [5.41, 5.74) is 2.59. The van der Waals surface area contributed by atoms with Crippen molar-refractivity contribution in [2.24, 2.45) is 5.41 Å². The van der Waals surface area contributed by atoms with Crippen LogP contribution in [0, 0.1) is 5.41 Å². The highest BCUT2D eigenvalue weighted by molar-refractivity contribution is 5.20. The van der Waals surface area contributed by atoms with Crippen LogP contribution in [0.3, 0.4) is 0 Å². The van der Waals surface area contributed by atoms with Crippen molar-refractivity contribution in [1.82, 2.24) is 0 Å². The minimum absolute atomic E-state index is 0.216. The summed E-state index contributed by atoms with van der Waals surface area (Å²) in [6.45, 7) is 20.7. The molecule has 1 heteroatoms. The largest absolute Gasteiger partial charge is 0.389 e. The Hall–Kier alpha value is -0.560. The van der Waals surface area contributed by atoms with E-state index in [1.54, 1.807) is 0 Å². The molecule has 0 saturated heterocycles. The molecular formula is C17H36O. The zero-order valence-electron chi connectivity index (χ0n) is 14.4. The molecule has 0 aromatic carbocycles. The van der Waals surface area contributed by atoms with Crippen LogP contribution < -0.4 is 0 Å². The molecule has 0 rings (SSSR count). The van der Waals surface area contributed by atoms with Gasteiger partial charge in [0.25, 0.3) is 0 Å². The van der Waals surface area contributed by atoms with Crippen molar-refractivity contribution in [3.05, 3.63) is 23.3 Å². The van der Waals surface area contributed by atoms with Crippen LogP contribution >= 0.6 is 0 Å². The number of hydrogen-bond acceptors (Lipinski definition) is 1. The fourth-order valence-electron chi connectivity index (χ4n) is 0.939. The Morgan fingerprint density at radius 1 is 1.00 bits per heavy atom. The SMILES string of the molecule is CC.CC.CCC(O)/C(C)=C/C=C(\C)C(C)(C)C. The van der Waals surface area contributed by atoms with Crippen LogP contribution in [-0.2, 0) is 0 Å². The maximum Gasteiger partial charge on any atom is 0.0747 e. The van der Waals surface area contributed by atoms with E-state index in [-0.39, 0.29) is 11.5 Å². The van der Waals surface area contributed by atoms with E-state index in [1.165, 1.54) is 5.57 Å². The van der Waals surface area contributed by atoms with E-state index < -0.39 is 0 Å². The molecule has 0 radical (unpaired) electrons. The lowest BCUT2D eigenvalue weighted by atomic mass is 9.87. The molecule has 0 amide bonds. The third kappa shape index (κ3) is 11.9. The molecule has 0 aliphatic carbocycles. The minimum Gasteiger partial charge on any atom is -0.389 e. The lowest BCUT2D eigenvalue weighted by Gasteiger charge is -2.19. The van der Waals surface area contributed by atoms with Gasteiger partial charge in [-0.05, 0) is 31.3 Å². The summed E-state index contributed by atoms with van der Waals surface area (Å²) in [4.78, 5) is 0. The molecule has 1 atom stereocenters. The summed E-state index contributed by atoms with van der Waals surface area (Å²) in [7, 11) is 0. The topological polar surface area (TPSA) is 20.2 Å². The number of allylic oxidation sites excluding steroid dienone is 3. The molecule has 0 bridgehead atoms. The van der Waals surface area contributed by atoms with Gasteiger partial charge in [0, 0.05) is 0 Å². The van der Waals surface area contributed by atoms with Crippen LogP contribution in [-0.4, -0.2) is 11.2 Å². The molecule has 0 heterocycles. The molecule has 0 fully saturated rings. The zero-order valence-corrected chi connectivity index (χ0v) is 14.4. The summed E-state index contributed by atoms with van der Waals surface area (Å²) >= 11 is 0. The zero-order chi connectivity index (χ0) is 15.4. The first kappa shape index (κ1) is 22.6. The van der Waals surface area contributed by atoms with Gasteiger partial charge < -0.3 is 5.11 Å². The molecule has 18 heavy (non-hydrogen) atoms. The van der Waals surface area contributed by atoms with Crippen molar-refractivity contribution < 1.29 is 5.11 Å². The van der Waals surface area contributed by atoms with Crippen molar-refractivity contribution in [1.29, 1.82) is 0 Å². The van der Waals surface area contributed by atoms with Gasteiger partial charge in [-0.1, -0.05) is 73.1 Å². The summed E-state index contributed by atoms with van der Waals surface area (Å²) in [5, 5.41) is 9.54. The lowest BCUT2D eigenvalue weighted by molar-refractivity contribution is 0.206. The van der Waals surface area contributed by atoms with E-state index in [1.807, 2.05) is 47.6 Å². The van der Waals surface area contributed by atoms with Gasteiger partial charge in [0.1, 0.15) is 0 Å². The molecule has 0 aromatic rings. The Labute approximate surface area is 116 Å². The molecule has 1 unspecified atom stereocenters. The second-order valence-corrected chi connectivity index (χ2v) is 4.93. The molecule has 1 nitrogen and oxygen atoms in total. The molecule has 0 saturated carbocycles. The lowest BCUT2D eigenvalue weighted by Crippen LogP contribution is -2.07. The van der Waals surface area contributed by atoms with Crippen LogP contribution in [0.5, 0.6) is 0 Å². The van der Waals surface area contributed by atoms with Gasteiger partial charge in [0.05, 0.1) is 6.10 Å². The highest BCUT2D eigenvalue weighted by Crippen LogP contribution is 2.24. The average molecular weight is 256 g/mol. The Morgan fingerprint density at radius 2 is 1.39 bits per heavy atom. The first-order chi connectivity index (χ1) is 8.29. The van der Waals surface area contributed by atoms with E-state index in [2.05, 4.69) is 33.8 Å². The summed E-state index contributed by atoms with van der Waals surface area (Å²) in [6, 6.07) is 0. The quantitative estimate of drug-likeness (QED) is 0.638. The van der Waals surface area contributed by atoms with E-state index in [0.29, 0.717) is 0 Å². The third-order valence-electron chi connectivity index (χ3n) is 2.69.